The van der Waals surface area contributed by atoms with Crippen LogP contribution in [0, 0.1) is 5.41 Å². The largest absolute Gasteiger partial charge is 0.355 e. The number of halogens is 1. The molecule has 3 rings (SSSR count). The minimum atomic E-state index is -0.0851. The maximum absolute atomic E-state index is 12.5. The molecule has 0 spiro atoms. The fraction of sp³-hybridized carbons (Fsp3) is 0.375. The molecule has 22 heavy (non-hydrogen) atoms. The first-order valence-corrected chi connectivity index (χ1v) is 7.13. The van der Waals surface area contributed by atoms with Crippen LogP contribution in [-0.2, 0) is 0 Å². The van der Waals surface area contributed by atoms with Gasteiger partial charge in [0, 0.05) is 24.7 Å². The highest BCUT2D eigenvalue weighted by atomic mass is 35.5. The number of carbonyl (C=O) groups is 1. The number of rotatable bonds is 3. The second-order valence-electron chi connectivity index (χ2n) is 5.93. The molecule has 1 amide bonds. The van der Waals surface area contributed by atoms with Crippen LogP contribution in [0.1, 0.15) is 23.8 Å². The van der Waals surface area contributed by atoms with E-state index in [1.165, 1.54) is 0 Å². The van der Waals surface area contributed by atoms with Crippen molar-refractivity contribution in [2.24, 2.45) is 11.1 Å². The van der Waals surface area contributed by atoms with Gasteiger partial charge in [0.15, 0.2) is 11.5 Å². The topological polar surface area (TPSA) is 72.4 Å². The van der Waals surface area contributed by atoms with Gasteiger partial charge in [0.1, 0.15) is 0 Å². The third kappa shape index (κ3) is 3.15. The van der Waals surface area contributed by atoms with Crippen LogP contribution in [0.4, 0.5) is 0 Å². The number of likely N-dealkylation sites (tertiary alicyclic amines) is 1. The quantitative estimate of drug-likeness (QED) is 0.943. The maximum Gasteiger partial charge on any atom is 0.276 e. The molecule has 0 aliphatic carbocycles. The summed E-state index contributed by atoms with van der Waals surface area (Å²) < 4.78 is 5.29. The Morgan fingerprint density at radius 3 is 2.77 bits per heavy atom. The highest BCUT2D eigenvalue weighted by Gasteiger charge is 2.36. The van der Waals surface area contributed by atoms with Crippen molar-refractivity contribution < 1.29 is 9.32 Å². The molecule has 0 radical (unpaired) electrons. The highest BCUT2D eigenvalue weighted by Crippen LogP contribution is 2.30. The van der Waals surface area contributed by atoms with Gasteiger partial charge in [-0.15, -0.1) is 12.4 Å². The number of hydrogen-bond acceptors (Lipinski definition) is 4. The van der Waals surface area contributed by atoms with Gasteiger partial charge < -0.3 is 15.2 Å². The highest BCUT2D eigenvalue weighted by molar-refractivity contribution is 5.93. The number of hydrogen-bond donors (Lipinski definition) is 1. The Bertz CT molecular complexity index is 644. The molecule has 2 heterocycles. The minimum absolute atomic E-state index is 0. The second kappa shape index (κ2) is 6.50. The molecule has 1 fully saturated rings. The Kier molecular flexibility index (Phi) is 4.88. The molecule has 5 nitrogen and oxygen atoms in total. The lowest BCUT2D eigenvalue weighted by Gasteiger charge is -2.21. The predicted octanol–water partition coefficient (Wildman–Crippen LogP) is 2.57. The summed E-state index contributed by atoms with van der Waals surface area (Å²) in [6.45, 7) is 4.10. The van der Waals surface area contributed by atoms with Crippen molar-refractivity contribution in [1.82, 2.24) is 10.1 Å². The lowest BCUT2D eigenvalue weighted by molar-refractivity contribution is 0.0766. The molecule has 1 aromatic heterocycles. The SMILES string of the molecule is CC1(CN)CCN(C(=O)c2cc(-c3ccccc3)on2)C1.Cl. The Morgan fingerprint density at radius 2 is 2.14 bits per heavy atom. The molecule has 2 aromatic rings. The molecule has 0 saturated carbocycles. The van der Waals surface area contributed by atoms with Crippen LogP contribution in [-0.4, -0.2) is 35.6 Å². The van der Waals surface area contributed by atoms with Gasteiger partial charge in [-0.3, -0.25) is 4.79 Å². The third-order valence-corrected chi connectivity index (χ3v) is 4.13. The van der Waals surface area contributed by atoms with Gasteiger partial charge in [0.05, 0.1) is 0 Å². The van der Waals surface area contributed by atoms with Gasteiger partial charge in [-0.05, 0) is 18.4 Å². The molecule has 1 aliphatic heterocycles. The molecule has 1 atom stereocenters. The van der Waals surface area contributed by atoms with E-state index in [0.717, 1.165) is 18.5 Å². The van der Waals surface area contributed by atoms with Crippen molar-refractivity contribution in [2.45, 2.75) is 13.3 Å². The lowest BCUT2D eigenvalue weighted by atomic mass is 9.90. The van der Waals surface area contributed by atoms with E-state index in [1.807, 2.05) is 30.3 Å². The van der Waals surface area contributed by atoms with Crippen molar-refractivity contribution in [3.63, 3.8) is 0 Å². The van der Waals surface area contributed by atoms with Gasteiger partial charge in [-0.2, -0.15) is 0 Å². The number of nitrogens with two attached hydrogens (primary N) is 1. The Balaban J connectivity index is 0.00000176. The average molecular weight is 322 g/mol. The van der Waals surface area contributed by atoms with E-state index in [1.54, 1.807) is 11.0 Å². The van der Waals surface area contributed by atoms with Crippen molar-refractivity contribution in [1.29, 1.82) is 0 Å². The van der Waals surface area contributed by atoms with Crippen LogP contribution in [0.5, 0.6) is 0 Å². The summed E-state index contributed by atoms with van der Waals surface area (Å²) in [4.78, 5) is 14.3. The fourth-order valence-electron chi connectivity index (χ4n) is 2.64. The third-order valence-electron chi connectivity index (χ3n) is 4.13. The molecular weight excluding hydrogens is 302 g/mol. The predicted molar refractivity (Wildman–Crippen MR) is 86.9 cm³/mol. The molecule has 0 bridgehead atoms. The summed E-state index contributed by atoms with van der Waals surface area (Å²) in [7, 11) is 0. The van der Waals surface area contributed by atoms with E-state index in [-0.39, 0.29) is 23.7 Å². The summed E-state index contributed by atoms with van der Waals surface area (Å²) in [6, 6.07) is 11.3. The van der Waals surface area contributed by atoms with Crippen molar-refractivity contribution in [3.05, 3.63) is 42.1 Å². The minimum Gasteiger partial charge on any atom is -0.355 e. The molecule has 1 saturated heterocycles. The summed E-state index contributed by atoms with van der Waals surface area (Å²) in [5, 5.41) is 3.91. The van der Waals surface area contributed by atoms with E-state index < -0.39 is 0 Å². The summed E-state index contributed by atoms with van der Waals surface area (Å²) in [5.74, 6) is 0.526. The number of aromatic nitrogens is 1. The second-order valence-corrected chi connectivity index (χ2v) is 5.93. The normalized spacial score (nSPS) is 20.7. The number of nitrogens with zero attached hydrogens (tertiary/aromatic N) is 2. The zero-order chi connectivity index (χ0) is 14.9. The van der Waals surface area contributed by atoms with E-state index in [2.05, 4.69) is 12.1 Å². The fourth-order valence-corrected chi connectivity index (χ4v) is 2.64. The zero-order valence-electron chi connectivity index (χ0n) is 12.5. The first-order chi connectivity index (χ1) is 10.1. The van der Waals surface area contributed by atoms with Crippen molar-refractivity contribution >= 4 is 18.3 Å². The van der Waals surface area contributed by atoms with E-state index in [0.29, 0.717) is 24.5 Å². The first kappa shape index (κ1) is 16.5. The van der Waals surface area contributed by atoms with Gasteiger partial charge in [-0.25, -0.2) is 0 Å². The number of amides is 1. The molecule has 1 unspecified atom stereocenters. The molecule has 6 heteroatoms. The first-order valence-electron chi connectivity index (χ1n) is 7.13. The summed E-state index contributed by atoms with van der Waals surface area (Å²) in [6.07, 6.45) is 0.929. The Morgan fingerprint density at radius 1 is 1.41 bits per heavy atom. The van der Waals surface area contributed by atoms with Crippen LogP contribution in [0.2, 0.25) is 0 Å². The van der Waals surface area contributed by atoms with Crippen molar-refractivity contribution in [2.75, 3.05) is 19.6 Å². The monoisotopic (exact) mass is 321 g/mol. The van der Waals surface area contributed by atoms with Crippen LogP contribution < -0.4 is 5.73 Å². The molecule has 1 aromatic carbocycles. The van der Waals surface area contributed by atoms with Crippen molar-refractivity contribution in [3.8, 4) is 11.3 Å². The summed E-state index contributed by atoms with van der Waals surface area (Å²) >= 11 is 0. The lowest BCUT2D eigenvalue weighted by Crippen LogP contribution is -2.34. The van der Waals surface area contributed by atoms with Crippen LogP contribution in [0.3, 0.4) is 0 Å². The number of benzene rings is 1. The van der Waals surface area contributed by atoms with Gasteiger partial charge in [0.25, 0.3) is 5.91 Å². The smallest absolute Gasteiger partial charge is 0.276 e. The standard InChI is InChI=1S/C16H19N3O2.ClH/c1-16(10-17)7-8-19(11-16)15(20)13-9-14(21-18-13)12-5-3-2-4-6-12;/h2-6,9H,7-8,10-11,17H2,1H3;1H. The van der Waals surface area contributed by atoms with Crippen LogP contribution >= 0.6 is 12.4 Å². The zero-order valence-corrected chi connectivity index (χ0v) is 13.3. The molecule has 118 valence electrons. The molecule has 1 aliphatic rings. The van der Waals surface area contributed by atoms with Crippen LogP contribution in [0.25, 0.3) is 11.3 Å². The van der Waals surface area contributed by atoms with E-state index in [4.69, 9.17) is 10.3 Å². The Hall–Kier alpha value is -1.85. The van der Waals surface area contributed by atoms with E-state index in [9.17, 15) is 4.79 Å². The molecular formula is C16H20ClN3O2. The molecule has 2 N–H and O–H groups in total. The number of carbonyl (C=O) groups excluding carboxylic acids is 1. The van der Waals surface area contributed by atoms with Crippen LogP contribution in [0.15, 0.2) is 40.9 Å². The maximum atomic E-state index is 12.5. The van der Waals surface area contributed by atoms with Gasteiger partial charge >= 0.3 is 0 Å². The average Bonchev–Trinajstić information content (AvgIpc) is 3.15. The van der Waals surface area contributed by atoms with Gasteiger partial charge in [0.2, 0.25) is 0 Å². The summed E-state index contributed by atoms with van der Waals surface area (Å²) in [5.41, 5.74) is 7.06. The Labute approximate surface area is 135 Å². The van der Waals surface area contributed by atoms with E-state index >= 15 is 0 Å². The van der Waals surface area contributed by atoms with Gasteiger partial charge in [-0.1, -0.05) is 42.4 Å².